The van der Waals surface area contributed by atoms with Gasteiger partial charge in [0.05, 0.1) is 5.54 Å². The molecule has 0 amide bonds. The van der Waals surface area contributed by atoms with Crippen molar-refractivity contribution in [2.45, 2.75) is 45.1 Å². The second-order valence-electron chi connectivity index (χ2n) is 6.40. The van der Waals surface area contributed by atoms with Gasteiger partial charge in [-0.05, 0) is 31.0 Å². The maximum absolute atomic E-state index is 13.2. The molecule has 0 aliphatic heterocycles. The Kier molecular flexibility index (Phi) is 3.65. The molecule has 2 rings (SSSR count). The summed E-state index contributed by atoms with van der Waals surface area (Å²) in [6.45, 7) is 7.79. The summed E-state index contributed by atoms with van der Waals surface area (Å²) in [5.74, 6) is 0.705. The van der Waals surface area contributed by atoms with Crippen molar-refractivity contribution in [1.82, 2.24) is 10.1 Å². The van der Waals surface area contributed by atoms with Crippen molar-refractivity contribution in [1.29, 1.82) is 0 Å². The molecule has 1 aromatic heterocycles. The van der Waals surface area contributed by atoms with Gasteiger partial charge in [-0.2, -0.15) is 4.98 Å². The summed E-state index contributed by atoms with van der Waals surface area (Å²) in [4.78, 5) is 4.38. The van der Waals surface area contributed by atoms with Gasteiger partial charge in [0.25, 0.3) is 0 Å². The molecule has 0 radical (unpaired) electrons. The van der Waals surface area contributed by atoms with Gasteiger partial charge in [-0.3, -0.25) is 0 Å². The summed E-state index contributed by atoms with van der Waals surface area (Å²) in [6, 6.07) is 6.37. The van der Waals surface area contributed by atoms with Crippen LogP contribution in [0.15, 0.2) is 28.8 Å². The van der Waals surface area contributed by atoms with Crippen LogP contribution in [0.1, 0.15) is 45.0 Å². The maximum Gasteiger partial charge on any atom is 0.232 e. The fraction of sp³-hybridized carbons (Fsp3) is 0.467. The highest BCUT2D eigenvalue weighted by Gasteiger charge is 2.30. The SMILES string of the molecule is CC(C)(C)c1nc(C(C)(N)Cc2cccc(F)c2)no1. The molecule has 0 saturated carbocycles. The summed E-state index contributed by atoms with van der Waals surface area (Å²) in [7, 11) is 0. The Balaban J connectivity index is 2.24. The predicted octanol–water partition coefficient (Wildman–Crippen LogP) is 2.92. The van der Waals surface area contributed by atoms with E-state index in [1.165, 1.54) is 12.1 Å². The van der Waals surface area contributed by atoms with E-state index in [2.05, 4.69) is 10.1 Å². The quantitative estimate of drug-likeness (QED) is 0.936. The highest BCUT2D eigenvalue weighted by atomic mass is 19.1. The number of hydrogen-bond acceptors (Lipinski definition) is 4. The van der Waals surface area contributed by atoms with Gasteiger partial charge in [0.1, 0.15) is 5.82 Å². The zero-order chi connectivity index (χ0) is 15.0. The van der Waals surface area contributed by atoms with Gasteiger partial charge in [0, 0.05) is 5.41 Å². The smallest absolute Gasteiger partial charge is 0.232 e. The second kappa shape index (κ2) is 4.98. The van der Waals surface area contributed by atoms with Crippen LogP contribution in [0, 0.1) is 5.82 Å². The molecule has 0 fully saturated rings. The van der Waals surface area contributed by atoms with Crippen molar-refractivity contribution in [2.24, 2.45) is 5.73 Å². The van der Waals surface area contributed by atoms with E-state index in [4.69, 9.17) is 10.3 Å². The van der Waals surface area contributed by atoms with Gasteiger partial charge in [-0.1, -0.05) is 38.1 Å². The number of rotatable bonds is 3. The molecule has 5 heteroatoms. The Morgan fingerprint density at radius 1 is 1.25 bits per heavy atom. The van der Waals surface area contributed by atoms with E-state index < -0.39 is 5.54 Å². The molecular weight excluding hydrogens is 257 g/mol. The molecular formula is C15H20FN3O. The highest BCUT2D eigenvalue weighted by molar-refractivity contribution is 5.21. The number of benzene rings is 1. The van der Waals surface area contributed by atoms with Crippen LogP contribution >= 0.6 is 0 Å². The number of hydrogen-bond donors (Lipinski definition) is 1. The molecule has 0 aliphatic carbocycles. The van der Waals surface area contributed by atoms with Crippen LogP contribution in [0.3, 0.4) is 0 Å². The molecule has 1 unspecified atom stereocenters. The fourth-order valence-corrected chi connectivity index (χ4v) is 1.91. The first kappa shape index (κ1) is 14.7. The van der Waals surface area contributed by atoms with E-state index in [-0.39, 0.29) is 11.2 Å². The van der Waals surface area contributed by atoms with Gasteiger partial charge in [-0.25, -0.2) is 4.39 Å². The normalized spacial score (nSPS) is 15.1. The lowest BCUT2D eigenvalue weighted by atomic mass is 9.92. The molecule has 20 heavy (non-hydrogen) atoms. The highest BCUT2D eigenvalue weighted by Crippen LogP contribution is 2.25. The third-order valence-electron chi connectivity index (χ3n) is 3.04. The molecule has 0 bridgehead atoms. The first-order valence-electron chi connectivity index (χ1n) is 6.56. The third kappa shape index (κ3) is 3.22. The van der Waals surface area contributed by atoms with E-state index in [0.717, 1.165) is 5.56 Å². The van der Waals surface area contributed by atoms with E-state index in [9.17, 15) is 4.39 Å². The average molecular weight is 277 g/mol. The van der Waals surface area contributed by atoms with E-state index in [1.807, 2.05) is 33.8 Å². The molecule has 1 atom stereocenters. The van der Waals surface area contributed by atoms with Crippen LogP contribution in [-0.4, -0.2) is 10.1 Å². The summed E-state index contributed by atoms with van der Waals surface area (Å²) >= 11 is 0. The van der Waals surface area contributed by atoms with Gasteiger partial charge < -0.3 is 10.3 Å². The van der Waals surface area contributed by atoms with Crippen molar-refractivity contribution in [3.8, 4) is 0 Å². The van der Waals surface area contributed by atoms with Crippen molar-refractivity contribution < 1.29 is 8.91 Å². The fourth-order valence-electron chi connectivity index (χ4n) is 1.91. The lowest BCUT2D eigenvalue weighted by Gasteiger charge is -2.20. The Hall–Kier alpha value is -1.75. The first-order chi connectivity index (χ1) is 9.18. The number of aromatic nitrogens is 2. The number of halogens is 1. The van der Waals surface area contributed by atoms with Crippen molar-refractivity contribution >= 4 is 0 Å². The monoisotopic (exact) mass is 277 g/mol. The van der Waals surface area contributed by atoms with Gasteiger partial charge >= 0.3 is 0 Å². The van der Waals surface area contributed by atoms with Gasteiger partial charge in [-0.15, -0.1) is 0 Å². The van der Waals surface area contributed by atoms with E-state index in [1.54, 1.807) is 6.07 Å². The average Bonchev–Trinajstić information content (AvgIpc) is 2.77. The third-order valence-corrected chi connectivity index (χ3v) is 3.04. The van der Waals surface area contributed by atoms with Crippen LogP contribution in [0.5, 0.6) is 0 Å². The topological polar surface area (TPSA) is 64.9 Å². The van der Waals surface area contributed by atoms with E-state index >= 15 is 0 Å². The minimum Gasteiger partial charge on any atom is -0.339 e. The zero-order valence-electron chi connectivity index (χ0n) is 12.3. The first-order valence-corrected chi connectivity index (χ1v) is 6.56. The predicted molar refractivity (Wildman–Crippen MR) is 74.6 cm³/mol. The van der Waals surface area contributed by atoms with Crippen LogP contribution in [0.4, 0.5) is 4.39 Å². The molecule has 0 aliphatic rings. The molecule has 4 nitrogen and oxygen atoms in total. The van der Waals surface area contributed by atoms with Crippen molar-refractivity contribution in [3.63, 3.8) is 0 Å². The lowest BCUT2D eigenvalue weighted by Crippen LogP contribution is -2.37. The van der Waals surface area contributed by atoms with Gasteiger partial charge in [0.2, 0.25) is 5.89 Å². The number of nitrogens with two attached hydrogens (primary N) is 1. The molecule has 0 spiro atoms. The molecule has 0 saturated heterocycles. The van der Waals surface area contributed by atoms with Gasteiger partial charge in [0.15, 0.2) is 5.82 Å². The van der Waals surface area contributed by atoms with Crippen molar-refractivity contribution in [3.05, 3.63) is 47.4 Å². The summed E-state index contributed by atoms with van der Waals surface area (Å²) < 4.78 is 18.5. The van der Waals surface area contributed by atoms with Crippen LogP contribution in [0.25, 0.3) is 0 Å². The molecule has 1 aromatic carbocycles. The Morgan fingerprint density at radius 3 is 2.50 bits per heavy atom. The van der Waals surface area contributed by atoms with Crippen LogP contribution in [-0.2, 0) is 17.4 Å². The minimum atomic E-state index is -0.805. The lowest BCUT2D eigenvalue weighted by molar-refractivity contribution is 0.311. The summed E-state index contributed by atoms with van der Waals surface area (Å²) in [5, 5.41) is 3.97. The summed E-state index contributed by atoms with van der Waals surface area (Å²) in [5.41, 5.74) is 6.05. The maximum atomic E-state index is 13.2. The largest absolute Gasteiger partial charge is 0.339 e. The van der Waals surface area contributed by atoms with E-state index in [0.29, 0.717) is 18.1 Å². The molecule has 1 heterocycles. The zero-order valence-corrected chi connectivity index (χ0v) is 12.3. The van der Waals surface area contributed by atoms with Crippen LogP contribution < -0.4 is 5.73 Å². The molecule has 108 valence electrons. The Morgan fingerprint density at radius 2 is 1.95 bits per heavy atom. The Labute approximate surface area is 118 Å². The second-order valence-corrected chi connectivity index (χ2v) is 6.40. The minimum absolute atomic E-state index is 0.222. The molecule has 2 aromatic rings. The Bertz CT molecular complexity index is 599. The van der Waals surface area contributed by atoms with Crippen molar-refractivity contribution in [2.75, 3.05) is 0 Å². The standard InChI is InChI=1S/C15H20FN3O/c1-14(2,3)13-18-12(19-20-13)15(4,17)9-10-6-5-7-11(16)8-10/h5-8H,9,17H2,1-4H3. The van der Waals surface area contributed by atoms with Crippen LogP contribution in [0.2, 0.25) is 0 Å². The number of nitrogens with zero attached hydrogens (tertiary/aromatic N) is 2. The summed E-state index contributed by atoms with van der Waals surface area (Å²) in [6.07, 6.45) is 0.438. The molecule has 2 N–H and O–H groups in total.